The minimum absolute atomic E-state index is 0.257. The van der Waals surface area contributed by atoms with Crippen LogP contribution in [0.1, 0.15) is 46.6 Å². The van der Waals surface area contributed by atoms with E-state index in [9.17, 15) is 4.79 Å². The molecule has 1 aromatic carbocycles. The van der Waals surface area contributed by atoms with Crippen molar-refractivity contribution < 1.29 is 14.3 Å². The van der Waals surface area contributed by atoms with Gasteiger partial charge in [-0.25, -0.2) is 0 Å². The molecule has 0 aliphatic carbocycles. The highest BCUT2D eigenvalue weighted by atomic mass is 16.6. The van der Waals surface area contributed by atoms with Crippen molar-refractivity contribution in [2.75, 3.05) is 6.61 Å². The smallest absolute Gasteiger partial charge is 0.303 e. The Morgan fingerprint density at radius 1 is 1.11 bits per heavy atom. The fourth-order valence-corrected chi connectivity index (χ4v) is 1.91. The van der Waals surface area contributed by atoms with Gasteiger partial charge in [-0.2, -0.15) is 0 Å². The maximum absolute atomic E-state index is 11.0. The van der Waals surface area contributed by atoms with Crippen LogP contribution in [0.5, 0.6) is 0 Å². The van der Waals surface area contributed by atoms with Crippen molar-refractivity contribution in [3.63, 3.8) is 0 Å². The molecule has 0 aliphatic heterocycles. The molecule has 1 rings (SSSR count). The number of ether oxygens (including phenoxy) is 2. The summed E-state index contributed by atoms with van der Waals surface area (Å²) >= 11 is 0. The van der Waals surface area contributed by atoms with E-state index in [4.69, 9.17) is 9.47 Å². The highest BCUT2D eigenvalue weighted by molar-refractivity contribution is 5.66. The quantitative estimate of drug-likeness (QED) is 0.735. The average Bonchev–Trinajstić information content (AvgIpc) is 2.27. The van der Waals surface area contributed by atoms with Crippen LogP contribution < -0.4 is 0 Å². The fourth-order valence-electron chi connectivity index (χ4n) is 1.91. The van der Waals surface area contributed by atoms with Crippen molar-refractivity contribution in [2.24, 2.45) is 0 Å². The van der Waals surface area contributed by atoms with E-state index in [0.717, 1.165) is 5.56 Å². The summed E-state index contributed by atoms with van der Waals surface area (Å²) in [7, 11) is 0. The van der Waals surface area contributed by atoms with Gasteiger partial charge in [0.1, 0.15) is 5.60 Å². The maximum atomic E-state index is 11.0. The largest absolute Gasteiger partial charge is 0.460 e. The van der Waals surface area contributed by atoms with Crippen LogP contribution >= 0.6 is 0 Å². The molecule has 0 aromatic heterocycles. The Labute approximate surface area is 115 Å². The van der Waals surface area contributed by atoms with Crippen molar-refractivity contribution in [3.05, 3.63) is 35.9 Å². The number of carbonyl (C=O) groups is 1. The molecule has 3 nitrogen and oxygen atoms in total. The Morgan fingerprint density at radius 3 is 2.21 bits per heavy atom. The predicted octanol–water partition coefficient (Wildman–Crippen LogP) is 3.67. The zero-order valence-corrected chi connectivity index (χ0v) is 12.5. The van der Waals surface area contributed by atoms with Gasteiger partial charge in [0.15, 0.2) is 0 Å². The Bertz CT molecular complexity index is 407. The lowest BCUT2D eigenvalue weighted by Crippen LogP contribution is -2.31. The summed E-state index contributed by atoms with van der Waals surface area (Å²) in [4.78, 5) is 11.0. The third kappa shape index (κ3) is 5.43. The van der Waals surface area contributed by atoms with E-state index in [1.54, 1.807) is 0 Å². The summed E-state index contributed by atoms with van der Waals surface area (Å²) < 4.78 is 11.2. The molecule has 0 fully saturated rings. The number of benzene rings is 1. The van der Waals surface area contributed by atoms with Gasteiger partial charge < -0.3 is 9.47 Å². The molecule has 3 heteroatoms. The number of carbonyl (C=O) groups excluding carboxylic acids is 1. The van der Waals surface area contributed by atoms with Gasteiger partial charge in [-0.3, -0.25) is 4.79 Å². The van der Waals surface area contributed by atoms with Crippen LogP contribution in [0.15, 0.2) is 30.3 Å². The van der Waals surface area contributed by atoms with Crippen molar-refractivity contribution in [1.29, 1.82) is 0 Å². The van der Waals surface area contributed by atoms with E-state index >= 15 is 0 Å². The summed E-state index contributed by atoms with van der Waals surface area (Å²) in [5.41, 5.74) is 0.312. The van der Waals surface area contributed by atoms with E-state index in [0.29, 0.717) is 13.0 Å². The number of esters is 1. The second kappa shape index (κ2) is 6.20. The lowest BCUT2D eigenvalue weighted by atomic mass is 9.98. The van der Waals surface area contributed by atoms with E-state index in [-0.39, 0.29) is 11.6 Å². The fraction of sp³-hybridized carbons (Fsp3) is 0.562. The van der Waals surface area contributed by atoms with Crippen molar-refractivity contribution >= 4 is 5.97 Å². The van der Waals surface area contributed by atoms with Crippen LogP contribution in [-0.2, 0) is 19.9 Å². The topological polar surface area (TPSA) is 35.5 Å². The minimum Gasteiger partial charge on any atom is -0.460 e. The first kappa shape index (κ1) is 15.7. The molecule has 0 heterocycles. The highest BCUT2D eigenvalue weighted by Crippen LogP contribution is 2.25. The summed E-state index contributed by atoms with van der Waals surface area (Å²) in [5.74, 6) is -0.257. The van der Waals surface area contributed by atoms with Gasteiger partial charge in [0, 0.05) is 13.3 Å². The molecule has 0 aliphatic rings. The molecular formula is C16H24O3. The molecule has 0 radical (unpaired) electrons. The van der Waals surface area contributed by atoms with Crippen LogP contribution in [0.2, 0.25) is 0 Å². The summed E-state index contributed by atoms with van der Waals surface area (Å²) in [6, 6.07) is 10.1. The molecule has 19 heavy (non-hydrogen) atoms. The van der Waals surface area contributed by atoms with Crippen LogP contribution in [-0.4, -0.2) is 18.2 Å². The Morgan fingerprint density at radius 2 is 1.68 bits per heavy atom. The zero-order chi connectivity index (χ0) is 14.5. The van der Waals surface area contributed by atoms with E-state index in [2.05, 4.69) is 12.1 Å². The molecule has 0 saturated heterocycles. The maximum Gasteiger partial charge on any atom is 0.303 e. The third-order valence-electron chi connectivity index (χ3n) is 3.06. The number of hydrogen-bond donors (Lipinski definition) is 0. The monoisotopic (exact) mass is 264 g/mol. The Balaban J connectivity index is 2.50. The first-order chi connectivity index (χ1) is 8.73. The van der Waals surface area contributed by atoms with Gasteiger partial charge in [0.25, 0.3) is 0 Å². The van der Waals surface area contributed by atoms with E-state index < -0.39 is 5.60 Å². The Kier molecular flexibility index (Phi) is 5.12. The molecular weight excluding hydrogens is 240 g/mol. The highest BCUT2D eigenvalue weighted by Gasteiger charge is 2.25. The van der Waals surface area contributed by atoms with Crippen LogP contribution in [0.4, 0.5) is 0 Å². The molecule has 1 aromatic rings. The van der Waals surface area contributed by atoms with E-state index in [1.807, 2.05) is 45.9 Å². The van der Waals surface area contributed by atoms with Crippen molar-refractivity contribution in [3.8, 4) is 0 Å². The molecule has 0 saturated carbocycles. The van der Waals surface area contributed by atoms with Crippen LogP contribution in [0.3, 0.4) is 0 Å². The Hall–Kier alpha value is -1.35. The molecule has 0 amide bonds. The minimum atomic E-state index is -0.487. The van der Waals surface area contributed by atoms with Gasteiger partial charge in [0.05, 0.1) is 12.2 Å². The second-order valence-corrected chi connectivity index (χ2v) is 5.83. The van der Waals surface area contributed by atoms with Gasteiger partial charge in [-0.15, -0.1) is 0 Å². The summed E-state index contributed by atoms with van der Waals surface area (Å²) in [6.45, 7) is 9.85. The molecule has 0 atom stereocenters. The second-order valence-electron chi connectivity index (χ2n) is 5.83. The van der Waals surface area contributed by atoms with Crippen molar-refractivity contribution in [1.82, 2.24) is 0 Å². The average molecular weight is 264 g/mol. The lowest BCUT2D eigenvalue weighted by molar-refractivity contribution is -0.156. The first-order valence-corrected chi connectivity index (χ1v) is 6.62. The molecule has 0 unspecified atom stereocenters. The van der Waals surface area contributed by atoms with Gasteiger partial charge in [-0.1, -0.05) is 30.3 Å². The predicted molar refractivity (Wildman–Crippen MR) is 75.9 cm³/mol. The first-order valence-electron chi connectivity index (χ1n) is 6.62. The molecule has 0 N–H and O–H groups in total. The SMILES string of the molecule is CC(=O)OC(C)(C)CCOC(C)(C)c1ccccc1. The standard InChI is InChI=1S/C16H24O3/c1-13(17)19-15(2,3)11-12-18-16(4,5)14-9-7-6-8-10-14/h6-10H,11-12H2,1-5H3. The lowest BCUT2D eigenvalue weighted by Gasteiger charge is -2.29. The van der Waals surface area contributed by atoms with Gasteiger partial charge in [0.2, 0.25) is 0 Å². The van der Waals surface area contributed by atoms with E-state index in [1.165, 1.54) is 6.92 Å². The van der Waals surface area contributed by atoms with Gasteiger partial charge in [-0.05, 0) is 33.3 Å². The molecule has 0 bridgehead atoms. The third-order valence-corrected chi connectivity index (χ3v) is 3.06. The number of hydrogen-bond acceptors (Lipinski definition) is 3. The van der Waals surface area contributed by atoms with Crippen LogP contribution in [0.25, 0.3) is 0 Å². The van der Waals surface area contributed by atoms with Crippen LogP contribution in [0, 0.1) is 0 Å². The van der Waals surface area contributed by atoms with Gasteiger partial charge >= 0.3 is 5.97 Å². The molecule has 0 spiro atoms. The van der Waals surface area contributed by atoms with Crippen molar-refractivity contribution in [2.45, 2.75) is 52.2 Å². The normalized spacial score (nSPS) is 12.3. The summed E-state index contributed by atoms with van der Waals surface area (Å²) in [5, 5.41) is 0. The summed E-state index contributed by atoms with van der Waals surface area (Å²) in [6.07, 6.45) is 0.669. The zero-order valence-electron chi connectivity index (χ0n) is 12.5. The molecule has 106 valence electrons. The number of rotatable bonds is 6.